The van der Waals surface area contributed by atoms with E-state index in [0.29, 0.717) is 11.3 Å². The van der Waals surface area contributed by atoms with E-state index in [1.54, 1.807) is 0 Å². The Labute approximate surface area is 81.7 Å². The molecule has 0 aliphatic rings. The van der Waals surface area contributed by atoms with E-state index in [1.165, 1.54) is 0 Å². The molecular formula is C5H5ClF3N3S. The number of halogens is 4. The number of amidine groups is 1. The molecule has 0 saturated heterocycles. The van der Waals surface area contributed by atoms with E-state index < -0.39 is 17.0 Å². The summed E-state index contributed by atoms with van der Waals surface area (Å²) in [5.74, 6) is -0.457. The summed E-state index contributed by atoms with van der Waals surface area (Å²) < 4.78 is 35.7. The van der Waals surface area contributed by atoms with Gasteiger partial charge in [0.05, 0.1) is 0 Å². The molecule has 1 heterocycles. The van der Waals surface area contributed by atoms with Gasteiger partial charge in [-0.3, -0.25) is 5.41 Å². The lowest BCUT2D eigenvalue weighted by molar-refractivity contribution is -0.137. The lowest BCUT2D eigenvalue weighted by Gasteiger charge is -1.98. The average Bonchev–Trinajstić information content (AvgIpc) is 2.30. The van der Waals surface area contributed by atoms with Crippen molar-refractivity contribution in [3.8, 4) is 0 Å². The van der Waals surface area contributed by atoms with Crippen LogP contribution in [0.2, 0.25) is 0 Å². The van der Waals surface area contributed by atoms with Gasteiger partial charge >= 0.3 is 6.18 Å². The summed E-state index contributed by atoms with van der Waals surface area (Å²) in [5.41, 5.74) is 4.80. The Balaban J connectivity index is 0.00000144. The van der Waals surface area contributed by atoms with E-state index in [1.807, 2.05) is 0 Å². The lowest BCUT2D eigenvalue weighted by atomic mass is 10.5. The number of thiazole rings is 1. The normalized spacial score (nSPS) is 10.7. The molecule has 0 aliphatic heterocycles. The number of hydrogen-bond donors (Lipinski definition) is 2. The molecule has 0 fully saturated rings. The largest absolute Gasteiger partial charge is 0.443 e. The summed E-state index contributed by atoms with van der Waals surface area (Å²) in [4.78, 5) is 3.12. The molecule has 0 bridgehead atoms. The van der Waals surface area contributed by atoms with Gasteiger partial charge in [0.2, 0.25) is 0 Å². The minimum absolute atomic E-state index is 0. The van der Waals surface area contributed by atoms with Gasteiger partial charge in [0.1, 0.15) is 11.5 Å². The smallest absolute Gasteiger partial charge is 0.382 e. The molecule has 0 spiro atoms. The molecule has 1 aromatic heterocycles. The maximum absolute atomic E-state index is 11.9. The fourth-order valence-electron chi connectivity index (χ4n) is 0.528. The fraction of sp³-hybridized carbons (Fsp3) is 0.200. The van der Waals surface area contributed by atoms with E-state index in [4.69, 9.17) is 11.1 Å². The van der Waals surface area contributed by atoms with Crippen LogP contribution in [0.3, 0.4) is 0 Å². The van der Waals surface area contributed by atoms with Gasteiger partial charge < -0.3 is 5.73 Å². The summed E-state index contributed by atoms with van der Waals surface area (Å²) in [6.07, 6.45) is -4.45. The Morgan fingerprint density at radius 2 is 2.08 bits per heavy atom. The van der Waals surface area contributed by atoms with E-state index in [2.05, 4.69) is 4.98 Å². The van der Waals surface area contributed by atoms with Crippen molar-refractivity contribution in [2.75, 3.05) is 0 Å². The SMILES string of the molecule is Cl.N=C(N)c1csc(C(F)(F)F)n1. The molecule has 0 aliphatic carbocycles. The Hall–Kier alpha value is -0.820. The van der Waals surface area contributed by atoms with E-state index >= 15 is 0 Å². The highest BCUT2D eigenvalue weighted by molar-refractivity contribution is 7.09. The van der Waals surface area contributed by atoms with Crippen LogP contribution in [0.25, 0.3) is 0 Å². The monoisotopic (exact) mass is 231 g/mol. The van der Waals surface area contributed by atoms with E-state index in [0.717, 1.165) is 5.38 Å². The second kappa shape index (κ2) is 3.93. The summed E-state index contributed by atoms with van der Waals surface area (Å²) in [6.45, 7) is 0. The van der Waals surface area contributed by atoms with Crippen LogP contribution in [-0.4, -0.2) is 10.8 Å². The van der Waals surface area contributed by atoms with Crippen LogP contribution in [0.4, 0.5) is 13.2 Å². The van der Waals surface area contributed by atoms with Crippen LogP contribution in [0.1, 0.15) is 10.7 Å². The first-order valence-electron chi connectivity index (χ1n) is 2.78. The highest BCUT2D eigenvalue weighted by Gasteiger charge is 2.34. The van der Waals surface area contributed by atoms with Gasteiger partial charge in [-0.25, -0.2) is 4.98 Å². The van der Waals surface area contributed by atoms with Gasteiger partial charge in [0.25, 0.3) is 0 Å². The van der Waals surface area contributed by atoms with Crippen LogP contribution in [-0.2, 0) is 6.18 Å². The molecule has 1 aromatic rings. The molecule has 74 valence electrons. The number of aromatic nitrogens is 1. The standard InChI is InChI=1S/C5H4F3N3S.ClH/c6-5(7,8)4-11-2(1-12-4)3(9)10;/h1H,(H3,9,10);1H. The number of hydrogen-bond acceptors (Lipinski definition) is 3. The predicted octanol–water partition coefficient (Wildman–Crippen LogP) is 1.87. The molecule has 13 heavy (non-hydrogen) atoms. The Kier molecular flexibility index (Phi) is 3.68. The highest BCUT2D eigenvalue weighted by Crippen LogP contribution is 2.31. The summed E-state index contributed by atoms with van der Waals surface area (Å²) >= 11 is 0.428. The van der Waals surface area contributed by atoms with Crippen molar-refractivity contribution in [2.45, 2.75) is 6.18 Å². The van der Waals surface area contributed by atoms with E-state index in [-0.39, 0.29) is 18.1 Å². The maximum Gasteiger partial charge on any atom is 0.443 e. The van der Waals surface area contributed by atoms with Gasteiger partial charge in [-0.15, -0.1) is 23.7 Å². The van der Waals surface area contributed by atoms with Gasteiger partial charge in [-0.2, -0.15) is 13.2 Å². The third-order valence-corrected chi connectivity index (χ3v) is 1.91. The molecule has 0 amide bonds. The van der Waals surface area contributed by atoms with Gasteiger partial charge in [-0.05, 0) is 0 Å². The first-order chi connectivity index (χ1) is 5.41. The summed E-state index contributed by atoms with van der Waals surface area (Å²) in [6, 6.07) is 0. The van der Waals surface area contributed by atoms with Crippen LogP contribution in [0.15, 0.2) is 5.38 Å². The number of nitrogen functional groups attached to an aromatic ring is 1. The number of alkyl halides is 3. The number of rotatable bonds is 1. The first-order valence-corrected chi connectivity index (χ1v) is 3.66. The fourth-order valence-corrected chi connectivity index (χ4v) is 1.22. The zero-order chi connectivity index (χ0) is 9.35. The molecule has 1 rings (SSSR count). The van der Waals surface area contributed by atoms with Crippen molar-refractivity contribution < 1.29 is 13.2 Å². The molecule has 3 nitrogen and oxygen atoms in total. The van der Waals surface area contributed by atoms with Crippen molar-refractivity contribution >= 4 is 29.6 Å². The highest BCUT2D eigenvalue weighted by atomic mass is 35.5. The molecule has 0 saturated carbocycles. The lowest BCUT2D eigenvalue weighted by Crippen LogP contribution is -2.12. The van der Waals surface area contributed by atoms with Crippen molar-refractivity contribution in [1.29, 1.82) is 5.41 Å². The van der Waals surface area contributed by atoms with Crippen LogP contribution in [0.5, 0.6) is 0 Å². The second-order valence-electron chi connectivity index (χ2n) is 1.95. The molecule has 8 heteroatoms. The van der Waals surface area contributed by atoms with Crippen LogP contribution in [0, 0.1) is 5.41 Å². The number of nitrogens with zero attached hydrogens (tertiary/aromatic N) is 1. The third kappa shape index (κ3) is 2.85. The van der Waals surface area contributed by atoms with Crippen LogP contribution >= 0.6 is 23.7 Å². The van der Waals surface area contributed by atoms with Gasteiger partial charge in [-0.1, -0.05) is 0 Å². The second-order valence-corrected chi connectivity index (χ2v) is 2.81. The van der Waals surface area contributed by atoms with Gasteiger partial charge in [0.15, 0.2) is 5.01 Å². The zero-order valence-electron chi connectivity index (χ0n) is 6.05. The number of nitrogens with two attached hydrogens (primary N) is 1. The molecule has 3 N–H and O–H groups in total. The maximum atomic E-state index is 11.9. The minimum Gasteiger partial charge on any atom is -0.382 e. The Morgan fingerprint density at radius 3 is 2.31 bits per heavy atom. The summed E-state index contributed by atoms with van der Waals surface area (Å²) in [5, 5.41) is 6.93. The topological polar surface area (TPSA) is 62.8 Å². The first kappa shape index (κ1) is 12.2. The van der Waals surface area contributed by atoms with Crippen molar-refractivity contribution in [1.82, 2.24) is 4.98 Å². The number of nitrogens with one attached hydrogen (secondary N) is 1. The third-order valence-electron chi connectivity index (χ3n) is 1.02. The molecule has 0 aromatic carbocycles. The van der Waals surface area contributed by atoms with Crippen molar-refractivity contribution in [2.24, 2.45) is 5.73 Å². The zero-order valence-corrected chi connectivity index (χ0v) is 7.69. The average molecular weight is 232 g/mol. The molecular weight excluding hydrogens is 227 g/mol. The van der Waals surface area contributed by atoms with E-state index in [9.17, 15) is 13.2 Å². The van der Waals surface area contributed by atoms with Gasteiger partial charge in [0, 0.05) is 5.38 Å². The Morgan fingerprint density at radius 1 is 1.54 bits per heavy atom. The quantitative estimate of drug-likeness (QED) is 0.573. The van der Waals surface area contributed by atoms with Crippen LogP contribution < -0.4 is 5.73 Å². The Bertz CT molecular complexity index is 308. The molecule has 0 atom stereocenters. The summed E-state index contributed by atoms with van der Waals surface area (Å²) in [7, 11) is 0. The predicted molar refractivity (Wildman–Crippen MR) is 45.4 cm³/mol. The molecule has 0 unspecified atom stereocenters. The van der Waals surface area contributed by atoms with Crippen molar-refractivity contribution in [3.05, 3.63) is 16.1 Å². The van der Waals surface area contributed by atoms with Crippen molar-refractivity contribution in [3.63, 3.8) is 0 Å². The minimum atomic E-state index is -4.45. The molecule has 0 radical (unpaired) electrons.